The van der Waals surface area contributed by atoms with Gasteiger partial charge in [0.25, 0.3) is 0 Å². The molecule has 0 spiro atoms. The first-order valence-electron chi connectivity index (χ1n) is 13.4. The van der Waals surface area contributed by atoms with Gasteiger partial charge in [0.2, 0.25) is 0 Å². The highest BCUT2D eigenvalue weighted by atomic mass is 16.6. The minimum absolute atomic E-state index is 0.0853. The molecule has 1 aliphatic heterocycles. The zero-order valence-electron chi connectivity index (χ0n) is 23.7. The van der Waals surface area contributed by atoms with Gasteiger partial charge in [-0.1, -0.05) is 72.8 Å². The fourth-order valence-corrected chi connectivity index (χ4v) is 4.36. The summed E-state index contributed by atoms with van der Waals surface area (Å²) in [6, 6.07) is 18.4. The maximum absolute atomic E-state index is 12.4. The van der Waals surface area contributed by atoms with Gasteiger partial charge in [0.1, 0.15) is 30.0 Å². The highest BCUT2D eigenvalue weighted by Crippen LogP contribution is 2.27. The third-order valence-electron chi connectivity index (χ3n) is 6.31. The summed E-state index contributed by atoms with van der Waals surface area (Å²) in [5.74, 6) is -0.629. The monoisotopic (exact) mass is 555 g/mol. The molecule has 3 rings (SSSR count). The Morgan fingerprint density at radius 2 is 1.60 bits per heavy atom. The van der Waals surface area contributed by atoms with Crippen molar-refractivity contribution in [2.24, 2.45) is 0 Å². The summed E-state index contributed by atoms with van der Waals surface area (Å²) in [5, 5.41) is 13.9. The number of rotatable bonds is 12. The number of hydrogen-bond donors (Lipinski definition) is 2. The number of carbonyl (C=O) groups excluding carboxylic acids is 2. The van der Waals surface area contributed by atoms with Crippen LogP contribution in [0.15, 0.2) is 72.8 Å². The summed E-state index contributed by atoms with van der Waals surface area (Å²) in [6.07, 6.45) is -3.25. The number of esters is 1. The van der Waals surface area contributed by atoms with Crippen LogP contribution in [0.5, 0.6) is 0 Å². The number of hydrogen-bond acceptors (Lipinski definition) is 8. The normalized spacial score (nSPS) is 21.7. The highest BCUT2D eigenvalue weighted by molar-refractivity contribution is 5.81. The molecule has 218 valence electrons. The van der Waals surface area contributed by atoms with E-state index in [0.29, 0.717) is 18.8 Å². The lowest BCUT2D eigenvalue weighted by molar-refractivity contribution is -0.222. The van der Waals surface area contributed by atoms with Gasteiger partial charge in [-0.2, -0.15) is 0 Å². The molecule has 1 heterocycles. The van der Waals surface area contributed by atoms with Crippen molar-refractivity contribution in [3.63, 3.8) is 0 Å². The molecule has 1 saturated heterocycles. The van der Waals surface area contributed by atoms with Crippen LogP contribution in [0.25, 0.3) is 0 Å². The third kappa shape index (κ3) is 10.1. The fraction of sp³-hybridized carbons (Fsp3) is 0.484. The van der Waals surface area contributed by atoms with E-state index in [-0.39, 0.29) is 19.4 Å². The summed E-state index contributed by atoms with van der Waals surface area (Å²) in [7, 11) is 1.24. The molecule has 9 nitrogen and oxygen atoms in total. The van der Waals surface area contributed by atoms with Gasteiger partial charge >= 0.3 is 12.1 Å². The number of ether oxygens (including phenoxy) is 5. The van der Waals surface area contributed by atoms with E-state index in [1.165, 1.54) is 7.11 Å². The van der Waals surface area contributed by atoms with Crippen LogP contribution in [0.3, 0.4) is 0 Å². The van der Waals surface area contributed by atoms with Crippen molar-refractivity contribution in [3.05, 3.63) is 83.9 Å². The van der Waals surface area contributed by atoms with Gasteiger partial charge in [-0.15, -0.1) is 0 Å². The van der Waals surface area contributed by atoms with E-state index in [1.54, 1.807) is 20.8 Å². The van der Waals surface area contributed by atoms with Crippen LogP contribution < -0.4 is 5.32 Å². The Morgan fingerprint density at radius 3 is 2.15 bits per heavy atom. The topological polar surface area (TPSA) is 113 Å². The van der Waals surface area contributed by atoms with Gasteiger partial charge in [-0.25, -0.2) is 9.59 Å². The van der Waals surface area contributed by atoms with Crippen LogP contribution in [0.1, 0.15) is 44.7 Å². The summed E-state index contributed by atoms with van der Waals surface area (Å²) >= 11 is 0. The molecule has 1 fully saturated rings. The minimum atomic E-state index is -1.02. The minimum Gasteiger partial charge on any atom is -0.467 e. The molecule has 0 unspecified atom stereocenters. The standard InChI is InChI=1S/C31H41NO8/c1-21(16-24(29(34)36-5)32-30(35)40-31(2,3)4)17-25-27(33)28(39-19-23-14-10-7-11-15-23)26(20-38-25)37-18-22-12-8-6-9-13-22/h6-15,24-28,33H,1,16-20H2,2-5H3,(H,32,35)/t24-,25+,26+,27+,28+/m0/s1. The molecule has 0 bridgehead atoms. The van der Waals surface area contributed by atoms with Gasteiger partial charge in [-0.05, 0) is 44.7 Å². The van der Waals surface area contributed by atoms with Crippen molar-refractivity contribution >= 4 is 12.1 Å². The van der Waals surface area contributed by atoms with Gasteiger partial charge in [0.05, 0.1) is 33.0 Å². The Labute approximate surface area is 236 Å². The molecule has 2 aromatic carbocycles. The number of carbonyl (C=O) groups is 2. The van der Waals surface area contributed by atoms with Crippen LogP contribution in [0.4, 0.5) is 4.79 Å². The number of benzene rings is 2. The highest BCUT2D eigenvalue weighted by Gasteiger charge is 2.41. The summed E-state index contributed by atoms with van der Waals surface area (Å²) in [4.78, 5) is 24.6. The smallest absolute Gasteiger partial charge is 0.408 e. The van der Waals surface area contributed by atoms with Crippen LogP contribution in [0, 0.1) is 0 Å². The molecule has 40 heavy (non-hydrogen) atoms. The molecule has 5 atom stereocenters. The second kappa shape index (κ2) is 14.9. The first kappa shape index (κ1) is 31.3. The van der Waals surface area contributed by atoms with Crippen LogP contribution >= 0.6 is 0 Å². The molecule has 0 saturated carbocycles. The van der Waals surface area contributed by atoms with Crippen molar-refractivity contribution in [2.75, 3.05) is 13.7 Å². The van der Waals surface area contributed by atoms with Crippen molar-refractivity contribution in [3.8, 4) is 0 Å². The van der Waals surface area contributed by atoms with Gasteiger partial charge in [0, 0.05) is 0 Å². The van der Waals surface area contributed by atoms with E-state index in [1.807, 2.05) is 60.7 Å². The Hall–Kier alpha value is -3.24. The van der Waals surface area contributed by atoms with Crippen LogP contribution in [0.2, 0.25) is 0 Å². The van der Waals surface area contributed by atoms with Crippen molar-refractivity contribution in [2.45, 2.75) is 82.9 Å². The number of aliphatic hydroxyl groups is 1. The zero-order chi connectivity index (χ0) is 29.1. The van der Waals surface area contributed by atoms with Gasteiger partial charge < -0.3 is 34.1 Å². The summed E-state index contributed by atoms with van der Waals surface area (Å²) < 4.78 is 28.5. The number of alkyl carbamates (subject to hydrolysis) is 1. The first-order chi connectivity index (χ1) is 19.1. The Kier molecular flexibility index (Phi) is 11.7. The number of aliphatic hydroxyl groups excluding tert-OH is 1. The summed E-state index contributed by atoms with van der Waals surface area (Å²) in [5.41, 5.74) is 1.83. The molecular weight excluding hydrogens is 514 g/mol. The number of methoxy groups -OCH3 is 1. The van der Waals surface area contributed by atoms with E-state index in [0.717, 1.165) is 11.1 Å². The molecular formula is C31H41NO8. The predicted molar refractivity (Wildman–Crippen MR) is 149 cm³/mol. The maximum atomic E-state index is 12.4. The average Bonchev–Trinajstić information content (AvgIpc) is 2.92. The van der Waals surface area contributed by atoms with E-state index in [9.17, 15) is 14.7 Å². The van der Waals surface area contributed by atoms with E-state index < -0.39 is 48.1 Å². The lowest BCUT2D eigenvalue weighted by Crippen LogP contribution is -2.55. The maximum Gasteiger partial charge on any atom is 0.408 e. The largest absolute Gasteiger partial charge is 0.467 e. The SMILES string of the molecule is C=C(C[C@H](NC(=O)OC(C)(C)C)C(=O)OC)C[C@H]1OC[C@@H](OCc2ccccc2)[C@@H](OCc2ccccc2)[C@@H]1O. The molecule has 1 aliphatic rings. The molecule has 1 amide bonds. The van der Waals surface area contributed by atoms with Gasteiger partial charge in [0.15, 0.2) is 0 Å². The van der Waals surface area contributed by atoms with Crippen LogP contribution in [-0.2, 0) is 41.7 Å². The van der Waals surface area contributed by atoms with E-state index in [2.05, 4.69) is 11.9 Å². The fourth-order valence-electron chi connectivity index (χ4n) is 4.36. The molecule has 2 N–H and O–H groups in total. The average molecular weight is 556 g/mol. The number of nitrogens with one attached hydrogen (secondary N) is 1. The molecule has 0 aliphatic carbocycles. The molecule has 0 radical (unpaired) electrons. The van der Waals surface area contributed by atoms with E-state index >= 15 is 0 Å². The third-order valence-corrected chi connectivity index (χ3v) is 6.31. The Bertz CT molecular complexity index is 1090. The Morgan fingerprint density at radius 1 is 1.02 bits per heavy atom. The van der Waals surface area contributed by atoms with Crippen molar-refractivity contribution in [1.82, 2.24) is 5.32 Å². The second-order valence-corrected chi connectivity index (χ2v) is 10.8. The first-order valence-corrected chi connectivity index (χ1v) is 13.4. The van der Waals surface area contributed by atoms with Crippen molar-refractivity contribution < 1.29 is 38.4 Å². The summed E-state index contributed by atoms with van der Waals surface area (Å²) in [6.45, 7) is 10.1. The lowest BCUT2D eigenvalue weighted by atomic mass is 9.92. The zero-order valence-corrected chi connectivity index (χ0v) is 23.7. The van der Waals surface area contributed by atoms with Crippen LogP contribution in [-0.4, -0.2) is 66.9 Å². The Balaban J connectivity index is 1.65. The van der Waals surface area contributed by atoms with E-state index in [4.69, 9.17) is 23.7 Å². The van der Waals surface area contributed by atoms with Gasteiger partial charge in [-0.3, -0.25) is 0 Å². The lowest BCUT2D eigenvalue weighted by Gasteiger charge is -2.40. The second-order valence-electron chi connectivity index (χ2n) is 10.8. The molecule has 2 aromatic rings. The quantitative estimate of drug-likeness (QED) is 0.294. The number of amides is 1. The molecule has 0 aromatic heterocycles. The van der Waals surface area contributed by atoms with Crippen molar-refractivity contribution in [1.29, 1.82) is 0 Å². The predicted octanol–water partition coefficient (Wildman–Crippen LogP) is 4.32. The molecule has 9 heteroatoms.